The fourth-order valence-electron chi connectivity index (χ4n) is 3.18. The molecule has 0 saturated carbocycles. The summed E-state index contributed by atoms with van der Waals surface area (Å²) in [5.41, 5.74) is 3.54. The van der Waals surface area contributed by atoms with Crippen LogP contribution in [0.3, 0.4) is 0 Å². The molecule has 0 bridgehead atoms. The SMILES string of the molecule is Cc1ccc(N2C[C@H](C(=O)OCC(=O)Nc3ccccc3)CC2=O)c(C)c1. The lowest BCUT2D eigenvalue weighted by Crippen LogP contribution is -2.28. The zero-order chi connectivity index (χ0) is 19.4. The predicted molar refractivity (Wildman–Crippen MR) is 102 cm³/mol. The lowest BCUT2D eigenvalue weighted by atomic mass is 10.1. The van der Waals surface area contributed by atoms with Gasteiger partial charge in [-0.1, -0.05) is 35.9 Å². The van der Waals surface area contributed by atoms with E-state index in [9.17, 15) is 14.4 Å². The van der Waals surface area contributed by atoms with Crippen molar-refractivity contribution in [3.63, 3.8) is 0 Å². The number of benzene rings is 2. The molecule has 0 spiro atoms. The maximum absolute atomic E-state index is 12.3. The predicted octanol–water partition coefficient (Wildman–Crippen LogP) is 2.84. The highest BCUT2D eigenvalue weighted by Gasteiger charge is 2.36. The summed E-state index contributed by atoms with van der Waals surface area (Å²) >= 11 is 0. The molecular weight excluding hydrogens is 344 g/mol. The minimum atomic E-state index is -0.567. The van der Waals surface area contributed by atoms with Crippen LogP contribution in [0.15, 0.2) is 48.5 Å². The number of carbonyl (C=O) groups excluding carboxylic acids is 3. The van der Waals surface area contributed by atoms with Crippen LogP contribution >= 0.6 is 0 Å². The van der Waals surface area contributed by atoms with Gasteiger partial charge in [0.1, 0.15) is 0 Å². The number of rotatable bonds is 5. The van der Waals surface area contributed by atoms with Gasteiger partial charge in [-0.15, -0.1) is 0 Å². The topological polar surface area (TPSA) is 75.7 Å². The molecule has 1 heterocycles. The van der Waals surface area contributed by atoms with E-state index in [4.69, 9.17) is 4.74 Å². The third kappa shape index (κ3) is 4.53. The van der Waals surface area contributed by atoms with Crippen molar-refractivity contribution in [3.8, 4) is 0 Å². The van der Waals surface area contributed by atoms with E-state index < -0.39 is 17.8 Å². The Morgan fingerprint density at radius 3 is 2.59 bits per heavy atom. The van der Waals surface area contributed by atoms with Crippen LogP contribution in [0.4, 0.5) is 11.4 Å². The van der Waals surface area contributed by atoms with Crippen LogP contribution in [0, 0.1) is 19.8 Å². The van der Waals surface area contributed by atoms with Crippen molar-refractivity contribution in [2.24, 2.45) is 5.92 Å². The average molecular weight is 366 g/mol. The Balaban J connectivity index is 1.55. The number of para-hydroxylation sites is 1. The van der Waals surface area contributed by atoms with Crippen LogP contribution in [0.1, 0.15) is 17.5 Å². The number of aryl methyl sites for hydroxylation is 2. The molecule has 1 aliphatic rings. The van der Waals surface area contributed by atoms with Crippen LogP contribution in [0.25, 0.3) is 0 Å². The second-order valence-corrected chi connectivity index (χ2v) is 6.72. The normalized spacial score (nSPS) is 16.3. The molecule has 0 unspecified atom stereocenters. The van der Waals surface area contributed by atoms with Gasteiger partial charge in [-0.25, -0.2) is 0 Å². The maximum Gasteiger partial charge on any atom is 0.311 e. The third-order valence-corrected chi connectivity index (χ3v) is 4.50. The van der Waals surface area contributed by atoms with Crippen LogP contribution < -0.4 is 10.2 Å². The van der Waals surface area contributed by atoms with E-state index in [0.29, 0.717) is 5.69 Å². The number of anilines is 2. The number of hydrogen-bond acceptors (Lipinski definition) is 4. The van der Waals surface area contributed by atoms with Crippen molar-refractivity contribution in [1.29, 1.82) is 0 Å². The Hall–Kier alpha value is -3.15. The lowest BCUT2D eigenvalue weighted by molar-refractivity contribution is -0.151. The average Bonchev–Trinajstić information content (AvgIpc) is 3.02. The van der Waals surface area contributed by atoms with E-state index in [2.05, 4.69) is 5.32 Å². The number of amides is 2. The van der Waals surface area contributed by atoms with Gasteiger partial charge in [-0.05, 0) is 37.6 Å². The first-order valence-electron chi connectivity index (χ1n) is 8.83. The van der Waals surface area contributed by atoms with Crippen molar-refractivity contribution in [2.75, 3.05) is 23.4 Å². The quantitative estimate of drug-likeness (QED) is 0.826. The van der Waals surface area contributed by atoms with Gasteiger partial charge in [-0.3, -0.25) is 14.4 Å². The van der Waals surface area contributed by atoms with E-state index in [0.717, 1.165) is 16.8 Å². The fourth-order valence-corrected chi connectivity index (χ4v) is 3.18. The second kappa shape index (κ2) is 8.03. The highest BCUT2D eigenvalue weighted by Crippen LogP contribution is 2.29. The Bertz CT molecular complexity index is 864. The summed E-state index contributed by atoms with van der Waals surface area (Å²) in [7, 11) is 0. The Morgan fingerprint density at radius 2 is 1.89 bits per heavy atom. The molecule has 27 heavy (non-hydrogen) atoms. The van der Waals surface area contributed by atoms with E-state index in [-0.39, 0.29) is 25.5 Å². The molecule has 1 atom stereocenters. The van der Waals surface area contributed by atoms with E-state index >= 15 is 0 Å². The van der Waals surface area contributed by atoms with E-state index in [1.807, 2.05) is 38.1 Å². The first-order valence-corrected chi connectivity index (χ1v) is 8.83. The largest absolute Gasteiger partial charge is 0.455 e. The van der Waals surface area contributed by atoms with Gasteiger partial charge in [0.05, 0.1) is 5.92 Å². The number of nitrogens with one attached hydrogen (secondary N) is 1. The summed E-state index contributed by atoms with van der Waals surface area (Å²) < 4.78 is 5.11. The van der Waals surface area contributed by atoms with Crippen molar-refractivity contribution in [2.45, 2.75) is 20.3 Å². The molecule has 3 rings (SSSR count). The van der Waals surface area contributed by atoms with E-state index in [1.165, 1.54) is 0 Å². The van der Waals surface area contributed by atoms with Crippen molar-refractivity contribution in [1.82, 2.24) is 0 Å². The molecule has 140 valence electrons. The van der Waals surface area contributed by atoms with Crippen LogP contribution in [0.5, 0.6) is 0 Å². The molecule has 6 nitrogen and oxygen atoms in total. The summed E-state index contributed by atoms with van der Waals surface area (Å²) in [6.45, 7) is 3.82. The molecule has 2 amide bonds. The first-order chi connectivity index (χ1) is 12.9. The Morgan fingerprint density at radius 1 is 1.15 bits per heavy atom. The number of nitrogens with zero attached hydrogens (tertiary/aromatic N) is 1. The third-order valence-electron chi connectivity index (χ3n) is 4.50. The standard InChI is InChI=1S/C21H22N2O4/c1-14-8-9-18(15(2)10-14)23-12-16(11-20(23)25)21(26)27-13-19(24)22-17-6-4-3-5-7-17/h3-10,16H,11-13H2,1-2H3,(H,22,24)/t16-/m1/s1. The molecule has 1 saturated heterocycles. The summed E-state index contributed by atoms with van der Waals surface area (Å²) in [5.74, 6) is -1.62. The zero-order valence-corrected chi connectivity index (χ0v) is 15.4. The molecule has 1 fully saturated rings. The molecule has 0 radical (unpaired) electrons. The van der Waals surface area contributed by atoms with E-state index in [1.54, 1.807) is 29.2 Å². The molecule has 2 aromatic carbocycles. The Kier molecular flexibility index (Phi) is 5.54. The van der Waals surface area contributed by atoms with Crippen molar-refractivity contribution in [3.05, 3.63) is 59.7 Å². The summed E-state index contributed by atoms with van der Waals surface area (Å²) in [6, 6.07) is 14.8. The van der Waals surface area contributed by atoms with Gasteiger partial charge < -0.3 is 15.0 Å². The van der Waals surface area contributed by atoms with Crippen LogP contribution in [-0.4, -0.2) is 30.9 Å². The Labute approximate surface area is 158 Å². The molecular formula is C21H22N2O4. The fraction of sp³-hybridized carbons (Fsp3) is 0.286. The number of hydrogen-bond donors (Lipinski definition) is 1. The summed E-state index contributed by atoms with van der Waals surface area (Å²) in [4.78, 5) is 38.1. The number of ether oxygens (including phenoxy) is 1. The van der Waals surface area contributed by atoms with Gasteiger partial charge in [0.15, 0.2) is 6.61 Å². The number of esters is 1. The minimum absolute atomic E-state index is 0.0897. The maximum atomic E-state index is 12.3. The zero-order valence-electron chi connectivity index (χ0n) is 15.4. The van der Waals surface area contributed by atoms with Crippen LogP contribution in [-0.2, 0) is 19.1 Å². The molecule has 1 aliphatic heterocycles. The van der Waals surface area contributed by atoms with Crippen molar-refractivity contribution < 1.29 is 19.1 Å². The molecule has 1 N–H and O–H groups in total. The highest BCUT2D eigenvalue weighted by atomic mass is 16.5. The van der Waals surface area contributed by atoms with Crippen LogP contribution in [0.2, 0.25) is 0 Å². The first kappa shape index (κ1) is 18.6. The lowest BCUT2D eigenvalue weighted by Gasteiger charge is -2.19. The second-order valence-electron chi connectivity index (χ2n) is 6.72. The number of carbonyl (C=O) groups is 3. The van der Waals surface area contributed by atoms with Gasteiger partial charge in [0, 0.05) is 24.3 Å². The van der Waals surface area contributed by atoms with Gasteiger partial charge in [-0.2, -0.15) is 0 Å². The molecule has 0 aliphatic carbocycles. The molecule has 0 aromatic heterocycles. The van der Waals surface area contributed by atoms with Crippen molar-refractivity contribution >= 4 is 29.2 Å². The van der Waals surface area contributed by atoms with Gasteiger partial charge >= 0.3 is 5.97 Å². The minimum Gasteiger partial charge on any atom is -0.455 e. The highest BCUT2D eigenvalue weighted by molar-refractivity contribution is 6.00. The van der Waals surface area contributed by atoms with Gasteiger partial charge in [0.2, 0.25) is 5.91 Å². The summed E-state index contributed by atoms with van der Waals surface area (Å²) in [5, 5.41) is 2.65. The smallest absolute Gasteiger partial charge is 0.311 e. The van der Waals surface area contributed by atoms with Gasteiger partial charge in [0.25, 0.3) is 5.91 Å². The summed E-state index contributed by atoms with van der Waals surface area (Å²) in [6.07, 6.45) is 0.0897. The monoisotopic (exact) mass is 366 g/mol. The molecule has 6 heteroatoms. The molecule has 2 aromatic rings.